The minimum Gasteiger partial charge on any atom is -0.394 e. The van der Waals surface area contributed by atoms with E-state index >= 15 is 0 Å². The second-order valence-electron chi connectivity index (χ2n) is 20.1. The topological polar surface area (TPSA) is 489 Å². The summed E-state index contributed by atoms with van der Waals surface area (Å²) in [5.41, 5.74) is 17.3. The molecule has 0 unspecified atom stereocenters. The number of hydrogen-bond acceptors (Lipinski definition) is 19. The zero-order valence-electron chi connectivity index (χ0n) is 46.1. The lowest BCUT2D eigenvalue weighted by Crippen LogP contribution is -2.58. The van der Waals surface area contributed by atoms with Gasteiger partial charge in [-0.1, -0.05) is 27.7 Å². The fraction of sp³-hybridized carbons (Fsp3) is 0.694. The number of carbonyl (C=O) groups excluding carboxylic acids is 13. The minimum absolute atomic E-state index is 0.0161. The van der Waals surface area contributed by atoms with Crippen molar-refractivity contribution in [1.29, 1.82) is 0 Å². The van der Waals surface area contributed by atoms with E-state index in [1.54, 1.807) is 13.8 Å². The number of amides is 12. The van der Waals surface area contributed by atoms with E-state index in [1.807, 2.05) is 13.8 Å². The molecule has 31 heteroatoms. The highest BCUT2D eigenvalue weighted by atomic mass is 16.3. The van der Waals surface area contributed by atoms with Gasteiger partial charge in [-0.25, -0.2) is 4.99 Å². The Morgan fingerprint density at radius 2 is 1.21 bits per heavy atom. The van der Waals surface area contributed by atoms with Gasteiger partial charge in [0.25, 0.3) is 0 Å². The van der Waals surface area contributed by atoms with Crippen molar-refractivity contribution in [3.63, 3.8) is 0 Å². The van der Waals surface area contributed by atoms with Gasteiger partial charge in [0, 0.05) is 38.1 Å². The number of hydrogen-bond donors (Lipinski definition) is 15. The van der Waals surface area contributed by atoms with Gasteiger partial charge in [-0.15, -0.1) is 0 Å². The third kappa shape index (κ3) is 25.1. The Morgan fingerprint density at radius 3 is 1.77 bits per heavy atom. The number of unbranched alkanes of at least 4 members (excludes halogenated alkanes) is 1. The van der Waals surface area contributed by atoms with Crippen LogP contribution in [0.25, 0.3) is 0 Å². The molecule has 2 rings (SSSR count). The smallest absolute Gasteiger partial charge is 0.245 e. The highest BCUT2D eigenvalue weighted by Gasteiger charge is 2.40. The van der Waals surface area contributed by atoms with Crippen LogP contribution in [-0.2, 0) is 62.3 Å². The average Bonchev–Trinajstić information content (AvgIpc) is 4.13. The first-order chi connectivity index (χ1) is 37.8. The second kappa shape index (κ2) is 35.9. The molecule has 448 valence electrons. The minimum atomic E-state index is -1.64. The van der Waals surface area contributed by atoms with Crippen LogP contribution in [0.3, 0.4) is 0 Å². The molecule has 2 aliphatic rings. The average molecular weight is 1140 g/mol. The van der Waals surface area contributed by atoms with Crippen molar-refractivity contribution < 1.29 is 72.5 Å². The number of ketones is 1. The van der Waals surface area contributed by atoms with E-state index in [-0.39, 0.29) is 63.5 Å². The zero-order chi connectivity index (χ0) is 60.1. The zero-order valence-corrected chi connectivity index (χ0v) is 46.1. The highest BCUT2D eigenvalue weighted by Crippen LogP contribution is 2.26. The van der Waals surface area contributed by atoms with Crippen molar-refractivity contribution in [2.75, 3.05) is 66.1 Å². The number of nitrogens with zero attached hydrogens (tertiary/aromatic N) is 3. The lowest BCUT2D eigenvalue weighted by atomic mass is 9.90. The van der Waals surface area contributed by atoms with Crippen LogP contribution >= 0.6 is 0 Å². The number of aliphatic imine (C=N–C) groups is 2. The summed E-state index contributed by atoms with van der Waals surface area (Å²) in [7, 11) is 1.38. The molecular formula is C49H82N16O15. The van der Waals surface area contributed by atoms with Gasteiger partial charge in [-0.3, -0.25) is 67.3 Å². The van der Waals surface area contributed by atoms with Gasteiger partial charge < -0.3 is 85.5 Å². The largest absolute Gasteiger partial charge is 0.394 e. The van der Waals surface area contributed by atoms with Gasteiger partial charge in [-0.2, -0.15) is 0 Å². The molecule has 0 bridgehead atoms. The van der Waals surface area contributed by atoms with E-state index < -0.39 is 171 Å². The number of likely N-dealkylation sites (N-methyl/N-ethyl adjacent to an activating group) is 1. The summed E-state index contributed by atoms with van der Waals surface area (Å²) < 4.78 is 0. The van der Waals surface area contributed by atoms with Crippen molar-refractivity contribution in [2.45, 2.75) is 134 Å². The van der Waals surface area contributed by atoms with Gasteiger partial charge >= 0.3 is 0 Å². The molecule has 8 atom stereocenters. The molecule has 0 saturated carbocycles. The van der Waals surface area contributed by atoms with Crippen LogP contribution in [0.4, 0.5) is 0 Å². The number of Topliss-reactive ketones (excluding diaryl/α,β-unsaturated/α-hetero) is 1. The maximum absolute atomic E-state index is 14.2. The Balaban J connectivity index is 1.97. The highest BCUT2D eigenvalue weighted by molar-refractivity contribution is 6.01. The van der Waals surface area contributed by atoms with Gasteiger partial charge in [0.15, 0.2) is 5.78 Å². The summed E-state index contributed by atoms with van der Waals surface area (Å²) in [5, 5.41) is 43.2. The van der Waals surface area contributed by atoms with E-state index in [1.165, 1.54) is 18.3 Å². The van der Waals surface area contributed by atoms with Crippen molar-refractivity contribution >= 4 is 88.7 Å². The van der Waals surface area contributed by atoms with Gasteiger partial charge in [0.2, 0.25) is 70.9 Å². The van der Waals surface area contributed by atoms with Crippen molar-refractivity contribution in [2.24, 2.45) is 44.9 Å². The molecule has 2 aliphatic heterocycles. The standard InChI is InChI=1S/C49H82N16O15/c1-26(2)13-28(15-30(68)19-57-45(76)34(17-38(52)69)62-47(78)36(24-67)64-42(73)31(51)16-29-18-54-25-59-29)49(80)65-12-8-10-37(65)48(79)63-33(14-27(3)4)44(75)58-21-40(71)55-20-39(70)56-22-41(72)60-35(23-66)46(77)61-32(43(74)53-5)9-6-7-11-50/h25-28,31-37,66-67H,6-24,50-51H2,1-5H3,(H2,52,69)(H,53,74)(H,55,71)(H,56,70)(H,57,76)(H,58,75)(H,60,72)(H,61,77)(H,62,78)(H,63,79)(H,64,73)/t28-,31+,32+,33+,34+,35+,36+,37+/m1/s1. The summed E-state index contributed by atoms with van der Waals surface area (Å²) >= 11 is 0. The fourth-order valence-corrected chi connectivity index (χ4v) is 8.35. The first-order valence-electron chi connectivity index (χ1n) is 26.5. The predicted molar refractivity (Wildman–Crippen MR) is 287 cm³/mol. The summed E-state index contributed by atoms with van der Waals surface area (Å²) in [6, 6.07) is -9.02. The third-order valence-electron chi connectivity index (χ3n) is 12.4. The number of rotatable bonds is 37. The lowest BCUT2D eigenvalue weighted by molar-refractivity contribution is -0.144. The summed E-state index contributed by atoms with van der Waals surface area (Å²) in [5.74, 6) is -11.5. The van der Waals surface area contributed by atoms with Crippen LogP contribution in [0.2, 0.25) is 0 Å². The van der Waals surface area contributed by atoms with Gasteiger partial charge in [0.1, 0.15) is 42.6 Å². The normalized spacial score (nSPS) is 16.3. The molecule has 0 spiro atoms. The summed E-state index contributed by atoms with van der Waals surface area (Å²) in [4.78, 5) is 178. The molecule has 1 saturated heterocycles. The number of aliphatic hydroxyl groups excluding tert-OH is 2. The first kappa shape index (κ1) is 68.6. The fourth-order valence-electron chi connectivity index (χ4n) is 8.35. The first-order valence-corrected chi connectivity index (χ1v) is 26.5. The SMILES string of the molecule is CNC(=O)[C@H](CCCCN)NC(=O)[C@H](CO)NC(=O)CNC(=O)CNC(=O)CNC(=O)[C@H](CC(C)C)NC(=O)[C@@H]1CCCN1C(=O)[C@@H](CC(=O)CNC(=O)[C@H](CC(N)=O)NC(=O)[C@H](CO)NC(=O)[C@@H](N)CC1=NC=NC1)CC(C)C. The van der Waals surface area contributed by atoms with Crippen LogP contribution < -0.4 is 70.4 Å². The lowest BCUT2D eigenvalue weighted by Gasteiger charge is -2.30. The molecule has 80 heavy (non-hydrogen) atoms. The molecule has 0 aliphatic carbocycles. The van der Waals surface area contributed by atoms with E-state index in [0.717, 1.165) is 0 Å². The van der Waals surface area contributed by atoms with Crippen LogP contribution in [0.5, 0.6) is 0 Å². The van der Waals surface area contributed by atoms with E-state index in [0.29, 0.717) is 31.5 Å². The maximum atomic E-state index is 14.2. The Kier molecular flexibility index (Phi) is 30.8. The predicted octanol–water partition coefficient (Wildman–Crippen LogP) is -7.53. The molecule has 1 fully saturated rings. The van der Waals surface area contributed by atoms with Crippen LogP contribution in [0.15, 0.2) is 9.98 Å². The van der Waals surface area contributed by atoms with Crippen molar-refractivity contribution in [1.82, 2.24) is 58.1 Å². The number of primary amides is 1. The van der Waals surface area contributed by atoms with Crippen molar-refractivity contribution in [3.8, 4) is 0 Å². The van der Waals surface area contributed by atoms with Crippen LogP contribution in [0.1, 0.15) is 91.9 Å². The molecular weight excluding hydrogens is 1050 g/mol. The summed E-state index contributed by atoms with van der Waals surface area (Å²) in [6.07, 6.45) is 2.54. The number of nitrogens with one attached hydrogen (secondary N) is 10. The number of nitrogens with two attached hydrogens (primary N) is 3. The Bertz CT molecular complexity index is 2260. The van der Waals surface area contributed by atoms with E-state index in [2.05, 4.69) is 63.2 Å². The number of aliphatic hydroxyl groups is 2. The molecule has 12 amide bonds. The summed E-state index contributed by atoms with van der Waals surface area (Å²) in [6.45, 7) is 3.69. The van der Waals surface area contributed by atoms with E-state index in [9.17, 15) is 72.5 Å². The van der Waals surface area contributed by atoms with Gasteiger partial charge in [0.05, 0.1) is 58.4 Å². The molecule has 0 aromatic rings. The van der Waals surface area contributed by atoms with Crippen molar-refractivity contribution in [3.05, 3.63) is 0 Å². The Hall–Kier alpha value is -7.51. The van der Waals surface area contributed by atoms with Gasteiger partial charge in [-0.05, 0) is 63.3 Å². The molecule has 0 aromatic carbocycles. The van der Waals surface area contributed by atoms with Crippen LogP contribution in [0, 0.1) is 17.8 Å². The molecule has 0 radical (unpaired) electrons. The van der Waals surface area contributed by atoms with Crippen LogP contribution in [-0.4, -0.2) is 212 Å². The maximum Gasteiger partial charge on any atom is 0.245 e. The Morgan fingerprint density at radius 1 is 0.650 bits per heavy atom. The third-order valence-corrected chi connectivity index (χ3v) is 12.4. The molecule has 0 aromatic heterocycles. The number of carbonyl (C=O) groups is 13. The molecule has 31 nitrogen and oxygen atoms in total. The monoisotopic (exact) mass is 1130 g/mol. The quantitative estimate of drug-likeness (QED) is 0.0257. The number of likely N-dealkylation sites (tertiary alicyclic amines) is 1. The molecule has 18 N–H and O–H groups in total. The second-order valence-corrected chi connectivity index (χ2v) is 20.1. The van der Waals surface area contributed by atoms with E-state index in [4.69, 9.17) is 17.2 Å². The molecule has 2 heterocycles. The Labute approximate surface area is 463 Å².